The van der Waals surface area contributed by atoms with Gasteiger partial charge in [-0.05, 0) is 52.4 Å². The Kier molecular flexibility index (Phi) is 5.12. The van der Waals surface area contributed by atoms with Crippen molar-refractivity contribution in [1.82, 2.24) is 0 Å². The van der Waals surface area contributed by atoms with Gasteiger partial charge in [0.15, 0.2) is 0 Å². The molecule has 0 radical (unpaired) electrons. The summed E-state index contributed by atoms with van der Waals surface area (Å²) in [5, 5.41) is 9.12. The van der Waals surface area contributed by atoms with Crippen LogP contribution in [0.4, 0.5) is 4.39 Å². The average Bonchev–Trinajstić information content (AvgIpc) is 2.21. The highest BCUT2D eigenvalue weighted by atomic mass is 79.9. The van der Waals surface area contributed by atoms with E-state index in [4.69, 9.17) is 5.11 Å². The molecule has 1 atom stereocenters. The molecule has 1 aromatic carbocycles. The zero-order chi connectivity index (χ0) is 13.0. The van der Waals surface area contributed by atoms with Crippen LogP contribution in [0.25, 0.3) is 0 Å². The van der Waals surface area contributed by atoms with Crippen molar-refractivity contribution in [2.45, 2.75) is 26.7 Å². The molecule has 2 nitrogen and oxygen atoms in total. The molecule has 0 aliphatic heterocycles. The Morgan fingerprint density at radius 3 is 2.59 bits per heavy atom. The summed E-state index contributed by atoms with van der Waals surface area (Å²) in [6.45, 7) is 3.99. The Hall–Kier alpha value is -0.900. The van der Waals surface area contributed by atoms with E-state index in [0.29, 0.717) is 23.2 Å². The molecule has 1 unspecified atom stereocenters. The number of halogens is 2. The van der Waals surface area contributed by atoms with E-state index >= 15 is 0 Å². The number of hydrogen-bond acceptors (Lipinski definition) is 1. The first-order valence-electron chi connectivity index (χ1n) is 5.57. The van der Waals surface area contributed by atoms with Gasteiger partial charge in [0.2, 0.25) is 0 Å². The minimum absolute atomic E-state index is 0.329. The van der Waals surface area contributed by atoms with E-state index in [9.17, 15) is 9.18 Å². The molecule has 0 spiro atoms. The van der Waals surface area contributed by atoms with Gasteiger partial charge >= 0.3 is 5.97 Å². The second-order valence-corrected chi connectivity index (χ2v) is 5.47. The molecular formula is C13H16BrFO2. The second kappa shape index (κ2) is 6.15. The van der Waals surface area contributed by atoms with Crippen LogP contribution in [0, 0.1) is 17.7 Å². The predicted octanol–water partition coefficient (Wildman–Crippen LogP) is 3.88. The third-order valence-electron chi connectivity index (χ3n) is 2.57. The van der Waals surface area contributed by atoms with Gasteiger partial charge in [0.1, 0.15) is 5.82 Å². The Morgan fingerprint density at radius 1 is 1.47 bits per heavy atom. The third-order valence-corrected chi connectivity index (χ3v) is 3.18. The molecule has 0 aliphatic rings. The number of carboxylic acids is 1. The van der Waals surface area contributed by atoms with E-state index in [0.717, 1.165) is 5.56 Å². The van der Waals surface area contributed by atoms with Crippen LogP contribution < -0.4 is 0 Å². The minimum Gasteiger partial charge on any atom is -0.481 e. The Labute approximate surface area is 109 Å². The van der Waals surface area contributed by atoms with Crippen molar-refractivity contribution in [3.05, 3.63) is 34.1 Å². The summed E-state index contributed by atoms with van der Waals surface area (Å²) in [5.41, 5.74) is 0.839. The van der Waals surface area contributed by atoms with Crippen molar-refractivity contribution in [3.8, 4) is 0 Å². The van der Waals surface area contributed by atoms with Crippen LogP contribution >= 0.6 is 15.9 Å². The Morgan fingerprint density at radius 2 is 2.12 bits per heavy atom. The normalized spacial score (nSPS) is 12.8. The standard InChI is InChI=1S/C13H16BrFO2/c1-8(2)5-10(13(16)17)6-9-3-4-12(15)11(14)7-9/h3-4,7-8,10H,5-6H2,1-2H3,(H,16,17). The molecule has 17 heavy (non-hydrogen) atoms. The third kappa shape index (κ3) is 4.46. The van der Waals surface area contributed by atoms with Crippen molar-refractivity contribution in [2.24, 2.45) is 11.8 Å². The molecule has 1 rings (SSSR count). The monoisotopic (exact) mass is 302 g/mol. The molecule has 0 bridgehead atoms. The van der Waals surface area contributed by atoms with Crippen molar-refractivity contribution in [3.63, 3.8) is 0 Å². The van der Waals surface area contributed by atoms with E-state index in [2.05, 4.69) is 15.9 Å². The van der Waals surface area contributed by atoms with E-state index in [1.165, 1.54) is 6.07 Å². The number of carboxylic acid groups (broad SMARTS) is 1. The van der Waals surface area contributed by atoms with Gasteiger partial charge in [0.25, 0.3) is 0 Å². The summed E-state index contributed by atoms with van der Waals surface area (Å²) in [6, 6.07) is 4.63. The molecule has 0 saturated heterocycles. The smallest absolute Gasteiger partial charge is 0.306 e. The molecule has 1 N–H and O–H groups in total. The highest BCUT2D eigenvalue weighted by Gasteiger charge is 2.19. The molecule has 4 heteroatoms. The lowest BCUT2D eigenvalue weighted by molar-refractivity contribution is -0.142. The SMILES string of the molecule is CC(C)CC(Cc1ccc(F)c(Br)c1)C(=O)O. The lowest BCUT2D eigenvalue weighted by Crippen LogP contribution is -2.18. The van der Waals surface area contributed by atoms with Crippen molar-refractivity contribution in [2.75, 3.05) is 0 Å². The van der Waals surface area contributed by atoms with E-state index < -0.39 is 11.9 Å². The zero-order valence-corrected chi connectivity index (χ0v) is 11.5. The van der Waals surface area contributed by atoms with Crippen LogP contribution in [0.15, 0.2) is 22.7 Å². The van der Waals surface area contributed by atoms with E-state index in [1.807, 2.05) is 13.8 Å². The van der Waals surface area contributed by atoms with Gasteiger partial charge in [-0.25, -0.2) is 4.39 Å². The van der Waals surface area contributed by atoms with Crippen LogP contribution in [-0.2, 0) is 11.2 Å². The molecule has 0 fully saturated rings. The van der Waals surface area contributed by atoms with Crippen molar-refractivity contribution >= 4 is 21.9 Å². The van der Waals surface area contributed by atoms with Crippen molar-refractivity contribution < 1.29 is 14.3 Å². The zero-order valence-electron chi connectivity index (χ0n) is 9.91. The maximum Gasteiger partial charge on any atom is 0.306 e. The Bertz CT molecular complexity index is 404. The summed E-state index contributed by atoms with van der Waals surface area (Å²) in [7, 11) is 0. The fraction of sp³-hybridized carbons (Fsp3) is 0.462. The van der Waals surface area contributed by atoms with E-state index in [-0.39, 0.29) is 5.82 Å². The maximum atomic E-state index is 13.0. The molecule has 0 saturated carbocycles. The Balaban J connectivity index is 2.78. The summed E-state index contributed by atoms with van der Waals surface area (Å²) in [5.74, 6) is -1.20. The molecule has 1 aromatic rings. The first kappa shape index (κ1) is 14.2. The van der Waals surface area contributed by atoms with Crippen LogP contribution in [0.1, 0.15) is 25.8 Å². The topological polar surface area (TPSA) is 37.3 Å². The minimum atomic E-state index is -0.792. The first-order chi connectivity index (χ1) is 7.90. The number of carbonyl (C=O) groups is 1. The average molecular weight is 303 g/mol. The van der Waals surface area contributed by atoms with Crippen LogP contribution in [0.2, 0.25) is 0 Å². The lowest BCUT2D eigenvalue weighted by Gasteiger charge is -2.14. The van der Waals surface area contributed by atoms with Gasteiger partial charge in [0.05, 0.1) is 10.4 Å². The van der Waals surface area contributed by atoms with Gasteiger partial charge in [-0.2, -0.15) is 0 Å². The van der Waals surface area contributed by atoms with Gasteiger partial charge in [-0.1, -0.05) is 19.9 Å². The highest BCUT2D eigenvalue weighted by molar-refractivity contribution is 9.10. The molecule has 0 heterocycles. The number of aliphatic carboxylic acids is 1. The van der Waals surface area contributed by atoms with Crippen LogP contribution in [-0.4, -0.2) is 11.1 Å². The van der Waals surface area contributed by atoms with Gasteiger partial charge in [-0.3, -0.25) is 4.79 Å². The molecule has 0 amide bonds. The summed E-state index contributed by atoms with van der Waals surface area (Å²) in [6.07, 6.45) is 1.07. The number of benzene rings is 1. The quantitative estimate of drug-likeness (QED) is 0.896. The van der Waals surface area contributed by atoms with Gasteiger partial charge in [0, 0.05) is 0 Å². The van der Waals surface area contributed by atoms with E-state index in [1.54, 1.807) is 12.1 Å². The second-order valence-electron chi connectivity index (χ2n) is 4.62. The molecule has 0 aromatic heterocycles. The largest absolute Gasteiger partial charge is 0.481 e. The summed E-state index contributed by atoms with van der Waals surface area (Å²) >= 11 is 3.10. The fourth-order valence-corrected chi connectivity index (χ4v) is 2.22. The number of rotatable bonds is 5. The number of hydrogen-bond donors (Lipinski definition) is 1. The summed E-state index contributed by atoms with van der Waals surface area (Å²) in [4.78, 5) is 11.1. The van der Waals surface area contributed by atoms with Gasteiger partial charge in [-0.15, -0.1) is 0 Å². The molecule has 94 valence electrons. The van der Waals surface area contributed by atoms with Crippen molar-refractivity contribution in [1.29, 1.82) is 0 Å². The molecule has 0 aliphatic carbocycles. The maximum absolute atomic E-state index is 13.0. The lowest BCUT2D eigenvalue weighted by atomic mass is 9.91. The summed E-state index contributed by atoms with van der Waals surface area (Å²) < 4.78 is 13.4. The predicted molar refractivity (Wildman–Crippen MR) is 68.4 cm³/mol. The fourth-order valence-electron chi connectivity index (χ4n) is 1.79. The van der Waals surface area contributed by atoms with Crippen LogP contribution in [0.5, 0.6) is 0 Å². The first-order valence-corrected chi connectivity index (χ1v) is 6.36. The highest BCUT2D eigenvalue weighted by Crippen LogP contribution is 2.22. The molecular weight excluding hydrogens is 287 g/mol. The van der Waals surface area contributed by atoms with Gasteiger partial charge < -0.3 is 5.11 Å². The van der Waals surface area contributed by atoms with Crippen LogP contribution in [0.3, 0.4) is 0 Å².